The summed E-state index contributed by atoms with van der Waals surface area (Å²) in [6.45, 7) is 10.1. The molecule has 0 saturated carbocycles. The van der Waals surface area contributed by atoms with Crippen LogP contribution in [0.4, 0.5) is 0 Å². The molecule has 1 aliphatic rings. The smallest absolute Gasteiger partial charge is 0.222 e. The zero-order chi connectivity index (χ0) is 21.2. The van der Waals surface area contributed by atoms with E-state index in [1.807, 2.05) is 17.0 Å². The molecular weight excluding hydrogens is 368 g/mol. The van der Waals surface area contributed by atoms with Gasteiger partial charge in [0.15, 0.2) is 17.5 Å². The molecule has 0 radical (unpaired) electrons. The standard InChI is InChI=1S/C22H36N4O3/c1-6-23-22(25-14-16(2)3)24-10-7-8-21(27)26-11-9-17-12-19(28-4)20(29-5)13-18(17)15-26/h12-13,16H,6-11,14-15H2,1-5H3,(H2,23,24,25). The lowest BCUT2D eigenvalue weighted by atomic mass is 9.98. The maximum atomic E-state index is 12.7. The zero-order valence-electron chi connectivity index (χ0n) is 18.5. The van der Waals surface area contributed by atoms with Crippen molar-refractivity contribution in [3.63, 3.8) is 0 Å². The second-order valence-corrected chi connectivity index (χ2v) is 7.68. The van der Waals surface area contributed by atoms with Crippen LogP contribution in [-0.4, -0.2) is 57.2 Å². The number of benzene rings is 1. The van der Waals surface area contributed by atoms with Crippen molar-refractivity contribution in [3.8, 4) is 11.5 Å². The highest BCUT2D eigenvalue weighted by Crippen LogP contribution is 2.33. The average Bonchev–Trinajstić information content (AvgIpc) is 2.73. The summed E-state index contributed by atoms with van der Waals surface area (Å²) in [5, 5.41) is 6.56. The monoisotopic (exact) mass is 404 g/mol. The van der Waals surface area contributed by atoms with Crippen LogP contribution < -0.4 is 20.1 Å². The molecule has 7 heteroatoms. The van der Waals surface area contributed by atoms with E-state index in [2.05, 4.69) is 36.4 Å². The third-order valence-corrected chi connectivity index (χ3v) is 4.89. The van der Waals surface area contributed by atoms with Gasteiger partial charge in [-0.15, -0.1) is 0 Å². The van der Waals surface area contributed by atoms with Gasteiger partial charge in [-0.05, 0) is 48.9 Å². The van der Waals surface area contributed by atoms with E-state index >= 15 is 0 Å². The molecule has 1 aromatic rings. The van der Waals surface area contributed by atoms with Crippen molar-refractivity contribution in [3.05, 3.63) is 23.3 Å². The lowest BCUT2D eigenvalue weighted by molar-refractivity contribution is -0.132. The highest BCUT2D eigenvalue weighted by Gasteiger charge is 2.22. The summed E-state index contributed by atoms with van der Waals surface area (Å²) in [6.07, 6.45) is 2.14. The van der Waals surface area contributed by atoms with E-state index in [9.17, 15) is 4.79 Å². The first-order valence-electron chi connectivity index (χ1n) is 10.5. The predicted octanol–water partition coefficient (Wildman–Crippen LogP) is 2.58. The Bertz CT molecular complexity index is 704. The fraction of sp³-hybridized carbons (Fsp3) is 0.636. The van der Waals surface area contributed by atoms with Crippen molar-refractivity contribution in [2.75, 3.05) is 40.4 Å². The van der Waals surface area contributed by atoms with Crippen molar-refractivity contribution < 1.29 is 14.3 Å². The van der Waals surface area contributed by atoms with Crippen LogP contribution in [-0.2, 0) is 17.8 Å². The van der Waals surface area contributed by atoms with Crippen LogP contribution in [0.1, 0.15) is 44.7 Å². The van der Waals surface area contributed by atoms with Gasteiger partial charge in [-0.1, -0.05) is 13.8 Å². The minimum absolute atomic E-state index is 0.191. The van der Waals surface area contributed by atoms with Gasteiger partial charge in [0.1, 0.15) is 0 Å². The topological polar surface area (TPSA) is 75.2 Å². The van der Waals surface area contributed by atoms with Gasteiger partial charge in [-0.2, -0.15) is 0 Å². The SMILES string of the molecule is CCNC(=NCC(C)C)NCCCC(=O)N1CCc2cc(OC)c(OC)cc2C1. The molecule has 2 N–H and O–H groups in total. The lowest BCUT2D eigenvalue weighted by Gasteiger charge is -2.29. The summed E-state index contributed by atoms with van der Waals surface area (Å²) >= 11 is 0. The molecule has 0 unspecified atom stereocenters. The zero-order valence-corrected chi connectivity index (χ0v) is 18.5. The first-order valence-corrected chi connectivity index (χ1v) is 10.5. The Balaban J connectivity index is 1.84. The van der Waals surface area contributed by atoms with Crippen LogP contribution >= 0.6 is 0 Å². The van der Waals surface area contributed by atoms with Crippen LogP contribution in [0, 0.1) is 5.92 Å². The number of amides is 1. The van der Waals surface area contributed by atoms with Crippen molar-refractivity contribution in [1.82, 2.24) is 15.5 Å². The minimum atomic E-state index is 0.191. The van der Waals surface area contributed by atoms with Gasteiger partial charge in [0.2, 0.25) is 5.91 Å². The number of fused-ring (bicyclic) bond motifs is 1. The van der Waals surface area contributed by atoms with E-state index in [1.165, 1.54) is 5.56 Å². The number of carbonyl (C=O) groups excluding carboxylic acids is 1. The second-order valence-electron chi connectivity index (χ2n) is 7.68. The quantitative estimate of drug-likeness (QED) is 0.376. The molecule has 0 aromatic heterocycles. The number of nitrogens with one attached hydrogen (secondary N) is 2. The maximum Gasteiger partial charge on any atom is 0.222 e. The Morgan fingerprint density at radius 1 is 1.17 bits per heavy atom. The van der Waals surface area contributed by atoms with Gasteiger partial charge in [-0.3, -0.25) is 9.79 Å². The molecule has 0 fully saturated rings. The third-order valence-electron chi connectivity index (χ3n) is 4.89. The summed E-state index contributed by atoms with van der Waals surface area (Å²) in [7, 11) is 3.28. The number of guanidine groups is 1. The molecule has 1 aliphatic heterocycles. The number of hydrogen-bond acceptors (Lipinski definition) is 4. The summed E-state index contributed by atoms with van der Waals surface area (Å²) in [5.74, 6) is 2.99. The van der Waals surface area contributed by atoms with Gasteiger partial charge in [-0.25, -0.2) is 0 Å². The molecule has 29 heavy (non-hydrogen) atoms. The van der Waals surface area contributed by atoms with Crippen molar-refractivity contribution in [2.45, 2.75) is 46.6 Å². The number of carbonyl (C=O) groups is 1. The number of methoxy groups -OCH3 is 2. The Labute approximate surface area is 174 Å². The van der Waals surface area contributed by atoms with E-state index in [4.69, 9.17) is 9.47 Å². The van der Waals surface area contributed by atoms with Crippen molar-refractivity contribution in [1.29, 1.82) is 0 Å². The number of ether oxygens (including phenoxy) is 2. The first-order chi connectivity index (χ1) is 14.0. The van der Waals surface area contributed by atoms with Crippen LogP contribution in [0.15, 0.2) is 17.1 Å². The van der Waals surface area contributed by atoms with Gasteiger partial charge in [0, 0.05) is 39.1 Å². The van der Waals surface area contributed by atoms with Crippen LogP contribution in [0.3, 0.4) is 0 Å². The summed E-state index contributed by atoms with van der Waals surface area (Å²) in [6, 6.07) is 4.02. The van der Waals surface area contributed by atoms with E-state index in [1.54, 1.807) is 14.2 Å². The normalized spacial score (nSPS) is 13.9. The first kappa shape index (κ1) is 22.8. The molecule has 1 amide bonds. The number of aliphatic imine (C=N–C) groups is 1. The van der Waals surface area contributed by atoms with E-state index in [-0.39, 0.29) is 5.91 Å². The van der Waals surface area contributed by atoms with Crippen molar-refractivity contribution >= 4 is 11.9 Å². The summed E-state index contributed by atoms with van der Waals surface area (Å²) < 4.78 is 10.8. The molecule has 0 atom stereocenters. The molecule has 0 saturated heterocycles. The number of hydrogen-bond donors (Lipinski definition) is 2. The highest BCUT2D eigenvalue weighted by atomic mass is 16.5. The predicted molar refractivity (Wildman–Crippen MR) is 117 cm³/mol. The molecule has 0 bridgehead atoms. The number of rotatable bonds is 9. The largest absolute Gasteiger partial charge is 0.493 e. The molecule has 0 spiro atoms. The number of nitrogens with zero attached hydrogens (tertiary/aromatic N) is 2. The molecule has 2 rings (SSSR count). The van der Waals surface area contributed by atoms with E-state index in [0.717, 1.165) is 56.3 Å². The lowest BCUT2D eigenvalue weighted by Crippen LogP contribution is -2.39. The van der Waals surface area contributed by atoms with Gasteiger partial charge in [0.05, 0.1) is 14.2 Å². The molecule has 1 heterocycles. The Morgan fingerprint density at radius 2 is 1.86 bits per heavy atom. The molecular formula is C22H36N4O3. The molecule has 1 aromatic carbocycles. The van der Waals surface area contributed by atoms with E-state index < -0.39 is 0 Å². The van der Waals surface area contributed by atoms with Crippen LogP contribution in [0.25, 0.3) is 0 Å². The minimum Gasteiger partial charge on any atom is -0.493 e. The van der Waals surface area contributed by atoms with Gasteiger partial charge < -0.3 is 25.0 Å². The Morgan fingerprint density at radius 3 is 2.48 bits per heavy atom. The van der Waals surface area contributed by atoms with Gasteiger partial charge in [0.25, 0.3) is 0 Å². The van der Waals surface area contributed by atoms with E-state index in [0.29, 0.717) is 24.6 Å². The van der Waals surface area contributed by atoms with Crippen LogP contribution in [0.2, 0.25) is 0 Å². The highest BCUT2D eigenvalue weighted by molar-refractivity contribution is 5.80. The molecule has 7 nitrogen and oxygen atoms in total. The fourth-order valence-electron chi connectivity index (χ4n) is 3.32. The Kier molecular flexibility index (Phi) is 9.09. The summed E-state index contributed by atoms with van der Waals surface area (Å²) in [4.78, 5) is 19.2. The third kappa shape index (κ3) is 6.84. The fourth-order valence-corrected chi connectivity index (χ4v) is 3.32. The molecule has 0 aliphatic carbocycles. The Hall–Kier alpha value is -2.44. The molecule has 162 valence electrons. The van der Waals surface area contributed by atoms with Crippen molar-refractivity contribution in [2.24, 2.45) is 10.9 Å². The average molecular weight is 405 g/mol. The maximum absolute atomic E-state index is 12.7. The van der Waals surface area contributed by atoms with Crippen LogP contribution in [0.5, 0.6) is 11.5 Å². The van der Waals surface area contributed by atoms with Gasteiger partial charge >= 0.3 is 0 Å². The second kappa shape index (κ2) is 11.5. The summed E-state index contributed by atoms with van der Waals surface area (Å²) in [5.41, 5.74) is 2.36.